The minimum atomic E-state index is 0.644. The van der Waals surface area contributed by atoms with Crippen LogP contribution in [-0.4, -0.2) is 12.6 Å². The molecule has 0 heterocycles. The van der Waals surface area contributed by atoms with Crippen molar-refractivity contribution in [1.29, 1.82) is 5.26 Å². The second-order valence-corrected chi connectivity index (χ2v) is 5.22. The molecule has 0 bridgehead atoms. The van der Waals surface area contributed by atoms with Crippen LogP contribution in [0.1, 0.15) is 52.4 Å². The van der Waals surface area contributed by atoms with Crippen molar-refractivity contribution in [1.82, 2.24) is 5.32 Å². The van der Waals surface area contributed by atoms with Crippen LogP contribution in [-0.2, 0) is 0 Å². The second kappa shape index (κ2) is 6.85. The zero-order valence-electron chi connectivity index (χ0n) is 10.1. The molecule has 0 spiro atoms. The third kappa shape index (κ3) is 5.18. The Kier molecular flexibility index (Phi) is 5.71. The molecule has 0 aromatic rings. The number of nitrogens with zero attached hydrogens (tertiary/aromatic N) is 1. The summed E-state index contributed by atoms with van der Waals surface area (Å²) in [6.45, 7) is 5.50. The van der Waals surface area contributed by atoms with Crippen LogP contribution in [0.5, 0.6) is 0 Å². The Morgan fingerprint density at radius 1 is 1.40 bits per heavy atom. The lowest BCUT2D eigenvalue weighted by atomic mass is 9.81. The fourth-order valence-corrected chi connectivity index (χ4v) is 2.69. The van der Waals surface area contributed by atoms with E-state index in [4.69, 9.17) is 5.26 Å². The Balaban J connectivity index is 2.20. The van der Waals surface area contributed by atoms with Gasteiger partial charge in [-0.2, -0.15) is 5.26 Å². The number of nitrogens with one attached hydrogen (secondary N) is 1. The molecular formula is C13H24N2. The molecule has 1 saturated carbocycles. The van der Waals surface area contributed by atoms with Gasteiger partial charge in [0.05, 0.1) is 6.07 Å². The van der Waals surface area contributed by atoms with Gasteiger partial charge in [-0.05, 0) is 31.1 Å². The van der Waals surface area contributed by atoms with Gasteiger partial charge in [-0.25, -0.2) is 0 Å². The Morgan fingerprint density at radius 2 is 2.20 bits per heavy atom. The van der Waals surface area contributed by atoms with Crippen molar-refractivity contribution in [3.05, 3.63) is 0 Å². The molecule has 0 aromatic heterocycles. The largest absolute Gasteiger partial charge is 0.313 e. The van der Waals surface area contributed by atoms with Crippen LogP contribution in [0, 0.1) is 23.2 Å². The first-order chi connectivity index (χ1) is 7.22. The van der Waals surface area contributed by atoms with Crippen LogP contribution in [0.4, 0.5) is 0 Å². The van der Waals surface area contributed by atoms with E-state index in [0.29, 0.717) is 12.5 Å². The van der Waals surface area contributed by atoms with Crippen LogP contribution in [0.25, 0.3) is 0 Å². The average molecular weight is 208 g/mol. The van der Waals surface area contributed by atoms with Crippen molar-refractivity contribution in [3.63, 3.8) is 0 Å². The fraction of sp³-hybridized carbons (Fsp3) is 0.923. The molecule has 15 heavy (non-hydrogen) atoms. The van der Waals surface area contributed by atoms with E-state index in [2.05, 4.69) is 25.2 Å². The lowest BCUT2D eigenvalue weighted by Gasteiger charge is -2.30. The van der Waals surface area contributed by atoms with Gasteiger partial charge in [-0.15, -0.1) is 0 Å². The molecule has 86 valence electrons. The molecule has 0 aromatic carbocycles. The fourth-order valence-electron chi connectivity index (χ4n) is 2.69. The first-order valence-corrected chi connectivity index (χ1v) is 6.32. The van der Waals surface area contributed by atoms with Gasteiger partial charge in [0.25, 0.3) is 0 Å². The number of nitriles is 1. The summed E-state index contributed by atoms with van der Waals surface area (Å²) < 4.78 is 0. The number of hydrogen-bond donors (Lipinski definition) is 1. The van der Waals surface area contributed by atoms with Gasteiger partial charge < -0.3 is 5.32 Å². The summed E-state index contributed by atoms with van der Waals surface area (Å²) in [4.78, 5) is 0. The van der Waals surface area contributed by atoms with Crippen LogP contribution in [0.2, 0.25) is 0 Å². The first kappa shape index (κ1) is 12.5. The van der Waals surface area contributed by atoms with E-state index >= 15 is 0 Å². The maximum Gasteiger partial charge on any atom is 0.0635 e. The van der Waals surface area contributed by atoms with Crippen molar-refractivity contribution in [2.24, 2.45) is 11.8 Å². The zero-order valence-corrected chi connectivity index (χ0v) is 10.1. The average Bonchev–Trinajstić information content (AvgIpc) is 2.18. The first-order valence-electron chi connectivity index (χ1n) is 6.32. The molecule has 1 fully saturated rings. The highest BCUT2D eigenvalue weighted by molar-refractivity contribution is 4.80. The lowest BCUT2D eigenvalue weighted by Crippen LogP contribution is -2.35. The molecule has 2 heteroatoms. The van der Waals surface area contributed by atoms with E-state index in [1.54, 1.807) is 0 Å². The standard InChI is InChI=1S/C13H24N2/c1-11(2)9-12-5-3-6-13(10-12)15-8-4-7-14/h11-13,15H,3-6,8-10H2,1-2H3. The van der Waals surface area contributed by atoms with E-state index in [0.717, 1.165) is 18.4 Å². The predicted molar refractivity (Wildman–Crippen MR) is 63.4 cm³/mol. The van der Waals surface area contributed by atoms with Gasteiger partial charge in [0.1, 0.15) is 0 Å². The summed E-state index contributed by atoms with van der Waals surface area (Å²) in [5, 5.41) is 12.0. The predicted octanol–water partition coefficient (Wildman–Crippen LogP) is 3.09. The Morgan fingerprint density at radius 3 is 2.87 bits per heavy atom. The summed E-state index contributed by atoms with van der Waals surface area (Å²) in [6, 6.07) is 2.86. The van der Waals surface area contributed by atoms with E-state index in [-0.39, 0.29) is 0 Å². The van der Waals surface area contributed by atoms with E-state index < -0.39 is 0 Å². The molecule has 1 rings (SSSR count). The number of rotatable bonds is 5. The molecule has 0 saturated heterocycles. The maximum absolute atomic E-state index is 8.48. The van der Waals surface area contributed by atoms with Crippen LogP contribution in [0.15, 0.2) is 0 Å². The quantitative estimate of drug-likeness (QED) is 0.705. The molecule has 2 atom stereocenters. The van der Waals surface area contributed by atoms with Crippen molar-refractivity contribution < 1.29 is 0 Å². The zero-order chi connectivity index (χ0) is 11.1. The normalized spacial score (nSPS) is 26.5. The molecule has 0 amide bonds. The van der Waals surface area contributed by atoms with Crippen LogP contribution >= 0.6 is 0 Å². The SMILES string of the molecule is CC(C)CC1CCCC(NCCC#N)C1. The molecule has 1 aliphatic carbocycles. The molecular weight excluding hydrogens is 184 g/mol. The Hall–Kier alpha value is -0.550. The van der Waals surface area contributed by atoms with Gasteiger partial charge in [0.2, 0.25) is 0 Å². The minimum absolute atomic E-state index is 0.644. The monoisotopic (exact) mass is 208 g/mol. The van der Waals surface area contributed by atoms with Gasteiger partial charge in [-0.1, -0.05) is 26.7 Å². The molecule has 1 aliphatic rings. The summed E-state index contributed by atoms with van der Waals surface area (Å²) in [5.41, 5.74) is 0. The number of hydrogen-bond acceptors (Lipinski definition) is 2. The molecule has 1 N–H and O–H groups in total. The highest BCUT2D eigenvalue weighted by Crippen LogP contribution is 2.29. The summed E-state index contributed by atoms with van der Waals surface area (Å²) >= 11 is 0. The van der Waals surface area contributed by atoms with Gasteiger partial charge >= 0.3 is 0 Å². The lowest BCUT2D eigenvalue weighted by molar-refractivity contribution is 0.254. The minimum Gasteiger partial charge on any atom is -0.313 e. The van der Waals surface area contributed by atoms with Crippen molar-refractivity contribution in [2.75, 3.05) is 6.54 Å². The summed E-state index contributed by atoms with van der Waals surface area (Å²) in [6.07, 6.45) is 7.42. The molecule has 2 nitrogen and oxygen atoms in total. The maximum atomic E-state index is 8.48. The third-order valence-electron chi connectivity index (χ3n) is 3.26. The molecule has 2 unspecified atom stereocenters. The van der Waals surface area contributed by atoms with Gasteiger partial charge in [0, 0.05) is 19.0 Å². The van der Waals surface area contributed by atoms with Crippen LogP contribution in [0.3, 0.4) is 0 Å². The van der Waals surface area contributed by atoms with Crippen molar-refractivity contribution in [2.45, 2.75) is 58.4 Å². The van der Waals surface area contributed by atoms with E-state index in [1.807, 2.05) is 0 Å². The smallest absolute Gasteiger partial charge is 0.0635 e. The molecule has 0 aliphatic heterocycles. The summed E-state index contributed by atoms with van der Waals surface area (Å²) in [5.74, 6) is 1.74. The van der Waals surface area contributed by atoms with Crippen molar-refractivity contribution >= 4 is 0 Å². The van der Waals surface area contributed by atoms with Crippen LogP contribution < -0.4 is 5.32 Å². The summed E-state index contributed by atoms with van der Waals surface area (Å²) in [7, 11) is 0. The van der Waals surface area contributed by atoms with Gasteiger partial charge in [0.15, 0.2) is 0 Å². The third-order valence-corrected chi connectivity index (χ3v) is 3.26. The Labute approximate surface area is 94.1 Å². The topological polar surface area (TPSA) is 35.8 Å². The van der Waals surface area contributed by atoms with Gasteiger partial charge in [-0.3, -0.25) is 0 Å². The van der Waals surface area contributed by atoms with E-state index in [1.165, 1.54) is 32.1 Å². The second-order valence-electron chi connectivity index (χ2n) is 5.22. The van der Waals surface area contributed by atoms with E-state index in [9.17, 15) is 0 Å². The highest BCUT2D eigenvalue weighted by atomic mass is 14.9. The highest BCUT2D eigenvalue weighted by Gasteiger charge is 2.21. The Bertz CT molecular complexity index is 205. The van der Waals surface area contributed by atoms with Crippen molar-refractivity contribution in [3.8, 4) is 6.07 Å². The molecule has 0 radical (unpaired) electrons.